The number of aryl methyl sites for hydroxylation is 1. The second kappa shape index (κ2) is 2.56. The second-order valence-electron chi connectivity index (χ2n) is 3.77. The molecule has 0 amide bonds. The molecule has 76 valence electrons. The molecule has 0 spiro atoms. The van der Waals surface area contributed by atoms with Crippen molar-refractivity contribution in [3.63, 3.8) is 0 Å². The Morgan fingerprint density at radius 2 is 2.20 bits per heavy atom. The van der Waals surface area contributed by atoms with Crippen molar-refractivity contribution in [3.8, 4) is 0 Å². The van der Waals surface area contributed by atoms with Crippen LogP contribution in [-0.4, -0.2) is 21.1 Å². The van der Waals surface area contributed by atoms with Gasteiger partial charge in [-0.2, -0.15) is 0 Å². The summed E-state index contributed by atoms with van der Waals surface area (Å²) in [5.41, 5.74) is 6.08. The number of hydrogen-bond donors (Lipinski definition) is 1. The third-order valence-electron chi connectivity index (χ3n) is 2.83. The third-order valence-corrected chi connectivity index (χ3v) is 2.83. The van der Waals surface area contributed by atoms with E-state index in [-0.39, 0.29) is 23.0 Å². The molecule has 1 aromatic heterocycles. The van der Waals surface area contributed by atoms with E-state index in [1.165, 1.54) is 6.08 Å². The minimum absolute atomic E-state index is 0.00993. The average Bonchev–Trinajstić information content (AvgIpc) is 2.72. The van der Waals surface area contributed by atoms with Crippen molar-refractivity contribution in [3.05, 3.63) is 29.0 Å². The Morgan fingerprint density at radius 1 is 1.40 bits per heavy atom. The molecule has 0 bridgehead atoms. The largest absolute Gasteiger partial charge is 0.395 e. The first-order chi connectivity index (χ1) is 7.18. The lowest BCUT2D eigenvalue weighted by Gasteiger charge is -2.08. The molecule has 5 nitrogen and oxygen atoms in total. The number of nitrogens with zero attached hydrogens (tertiary/aromatic N) is 2. The molecule has 0 unspecified atom stereocenters. The van der Waals surface area contributed by atoms with Gasteiger partial charge in [0.2, 0.25) is 11.6 Å². The number of fused-ring (bicyclic) bond motifs is 3. The molecule has 2 aliphatic rings. The van der Waals surface area contributed by atoms with E-state index >= 15 is 0 Å². The Bertz CT molecular complexity index is 525. The van der Waals surface area contributed by atoms with Gasteiger partial charge in [0.25, 0.3) is 0 Å². The smallest absolute Gasteiger partial charge is 0.229 e. The number of rotatable bonds is 0. The SMILES string of the molecule is NC1=CC(=O)c2c(nc3n2CCC3)C1=O. The quantitative estimate of drug-likeness (QED) is 0.646. The summed E-state index contributed by atoms with van der Waals surface area (Å²) in [7, 11) is 0. The van der Waals surface area contributed by atoms with Gasteiger partial charge < -0.3 is 10.3 Å². The molecule has 15 heavy (non-hydrogen) atoms. The summed E-state index contributed by atoms with van der Waals surface area (Å²) in [6, 6.07) is 0. The van der Waals surface area contributed by atoms with E-state index in [2.05, 4.69) is 4.98 Å². The highest BCUT2D eigenvalue weighted by atomic mass is 16.1. The Kier molecular flexibility index (Phi) is 1.44. The van der Waals surface area contributed by atoms with Crippen LogP contribution in [0, 0.1) is 0 Å². The Morgan fingerprint density at radius 3 is 3.00 bits per heavy atom. The van der Waals surface area contributed by atoms with Crippen LogP contribution in [-0.2, 0) is 13.0 Å². The molecule has 0 saturated heterocycles. The number of imidazole rings is 1. The first-order valence-corrected chi connectivity index (χ1v) is 4.84. The minimum atomic E-state index is -0.327. The Hall–Kier alpha value is -1.91. The Balaban J connectivity index is 2.28. The molecule has 0 saturated carbocycles. The van der Waals surface area contributed by atoms with E-state index < -0.39 is 0 Å². The monoisotopic (exact) mass is 203 g/mol. The fourth-order valence-corrected chi connectivity index (χ4v) is 2.15. The number of aromatic nitrogens is 2. The van der Waals surface area contributed by atoms with Crippen LogP contribution >= 0.6 is 0 Å². The summed E-state index contributed by atoms with van der Waals surface area (Å²) < 4.78 is 1.83. The number of nitrogens with two attached hydrogens (primary N) is 1. The summed E-state index contributed by atoms with van der Waals surface area (Å²) in [4.78, 5) is 27.5. The second-order valence-corrected chi connectivity index (χ2v) is 3.77. The van der Waals surface area contributed by atoms with Gasteiger partial charge in [-0.05, 0) is 6.42 Å². The van der Waals surface area contributed by atoms with Gasteiger partial charge in [0.15, 0.2) is 0 Å². The van der Waals surface area contributed by atoms with Crippen LogP contribution in [0.5, 0.6) is 0 Å². The molecule has 0 radical (unpaired) electrons. The summed E-state index contributed by atoms with van der Waals surface area (Å²) in [6.45, 7) is 0.768. The van der Waals surface area contributed by atoms with E-state index in [0.717, 1.165) is 25.2 Å². The highest BCUT2D eigenvalue weighted by Gasteiger charge is 2.32. The molecule has 3 rings (SSSR count). The standard InChI is InChI=1S/C10H9N3O2/c11-5-4-6(14)9-8(10(5)15)12-7-2-1-3-13(7)9/h4H,1-3,11H2. The van der Waals surface area contributed by atoms with Gasteiger partial charge in [0.1, 0.15) is 17.2 Å². The van der Waals surface area contributed by atoms with Crippen molar-refractivity contribution >= 4 is 11.6 Å². The molecule has 1 aliphatic heterocycles. The summed E-state index contributed by atoms with van der Waals surface area (Å²) in [6.07, 6.45) is 3.00. The fourth-order valence-electron chi connectivity index (χ4n) is 2.15. The van der Waals surface area contributed by atoms with E-state index in [9.17, 15) is 9.59 Å². The zero-order chi connectivity index (χ0) is 10.6. The van der Waals surface area contributed by atoms with Crippen LogP contribution in [0.25, 0.3) is 0 Å². The molecule has 1 aliphatic carbocycles. The van der Waals surface area contributed by atoms with Gasteiger partial charge in [-0.3, -0.25) is 9.59 Å². The molecule has 2 N–H and O–H groups in total. The van der Waals surface area contributed by atoms with Gasteiger partial charge in [0.05, 0.1) is 5.70 Å². The summed E-state index contributed by atoms with van der Waals surface area (Å²) in [5.74, 6) is 0.291. The van der Waals surface area contributed by atoms with E-state index in [1.807, 2.05) is 4.57 Å². The van der Waals surface area contributed by atoms with Crippen LogP contribution in [0.1, 0.15) is 33.2 Å². The number of hydrogen-bond acceptors (Lipinski definition) is 4. The highest BCUT2D eigenvalue weighted by Crippen LogP contribution is 2.24. The van der Waals surface area contributed by atoms with Crippen LogP contribution in [0.15, 0.2) is 11.8 Å². The predicted octanol–water partition coefficient (Wildman–Crippen LogP) is 0.0509. The van der Waals surface area contributed by atoms with E-state index in [1.54, 1.807) is 0 Å². The first-order valence-electron chi connectivity index (χ1n) is 4.84. The van der Waals surface area contributed by atoms with Crippen LogP contribution in [0.4, 0.5) is 0 Å². The maximum absolute atomic E-state index is 11.7. The topological polar surface area (TPSA) is 78.0 Å². The normalized spacial score (nSPS) is 18.8. The number of carbonyl (C=O) groups excluding carboxylic acids is 2. The zero-order valence-electron chi connectivity index (χ0n) is 7.99. The maximum atomic E-state index is 11.7. The Labute approximate surface area is 85.6 Å². The number of carbonyl (C=O) groups is 2. The average molecular weight is 203 g/mol. The molecule has 0 aromatic carbocycles. The lowest BCUT2D eigenvalue weighted by molar-refractivity contribution is 0.0975. The molecule has 2 heterocycles. The maximum Gasteiger partial charge on any atom is 0.229 e. The fraction of sp³-hybridized carbons (Fsp3) is 0.300. The molecule has 5 heteroatoms. The molecule has 0 atom stereocenters. The minimum Gasteiger partial charge on any atom is -0.395 e. The number of Topliss-reactive ketones (excluding diaryl/α,β-unsaturated/α-hetero) is 1. The molecular formula is C10H9N3O2. The van der Waals surface area contributed by atoms with Crippen molar-refractivity contribution in [1.29, 1.82) is 0 Å². The van der Waals surface area contributed by atoms with Crippen molar-refractivity contribution in [1.82, 2.24) is 9.55 Å². The van der Waals surface area contributed by atoms with Crippen molar-refractivity contribution in [2.45, 2.75) is 19.4 Å². The highest BCUT2D eigenvalue weighted by molar-refractivity contribution is 6.22. The molecule has 0 fully saturated rings. The number of ketones is 2. The summed E-state index contributed by atoms with van der Waals surface area (Å²) in [5, 5.41) is 0. The van der Waals surface area contributed by atoms with E-state index in [4.69, 9.17) is 5.73 Å². The number of allylic oxidation sites excluding steroid dienone is 2. The molecular weight excluding hydrogens is 194 g/mol. The van der Waals surface area contributed by atoms with Crippen LogP contribution in [0.2, 0.25) is 0 Å². The predicted molar refractivity (Wildman–Crippen MR) is 51.5 cm³/mol. The van der Waals surface area contributed by atoms with Gasteiger partial charge in [-0.25, -0.2) is 4.98 Å². The van der Waals surface area contributed by atoms with Crippen LogP contribution < -0.4 is 5.73 Å². The summed E-state index contributed by atoms with van der Waals surface area (Å²) >= 11 is 0. The molecule has 1 aromatic rings. The van der Waals surface area contributed by atoms with Gasteiger partial charge >= 0.3 is 0 Å². The van der Waals surface area contributed by atoms with Gasteiger partial charge in [-0.15, -0.1) is 0 Å². The van der Waals surface area contributed by atoms with Gasteiger partial charge in [-0.1, -0.05) is 0 Å². The van der Waals surface area contributed by atoms with E-state index in [0.29, 0.717) is 5.69 Å². The third kappa shape index (κ3) is 0.945. The lowest BCUT2D eigenvalue weighted by atomic mass is 10.0. The first kappa shape index (κ1) is 8.40. The lowest BCUT2D eigenvalue weighted by Crippen LogP contribution is -2.23. The van der Waals surface area contributed by atoms with Crippen molar-refractivity contribution < 1.29 is 9.59 Å². The van der Waals surface area contributed by atoms with Crippen LogP contribution in [0.3, 0.4) is 0 Å². The van der Waals surface area contributed by atoms with Gasteiger partial charge in [0, 0.05) is 19.0 Å². The van der Waals surface area contributed by atoms with Crippen molar-refractivity contribution in [2.75, 3.05) is 0 Å². The van der Waals surface area contributed by atoms with Crippen molar-refractivity contribution in [2.24, 2.45) is 5.73 Å². The zero-order valence-corrected chi connectivity index (χ0v) is 7.99.